The van der Waals surface area contributed by atoms with E-state index in [1.807, 2.05) is 24.3 Å². The largest absolute Gasteiger partial charge is 0.480 e. The van der Waals surface area contributed by atoms with Crippen molar-refractivity contribution in [3.8, 4) is 0 Å². The molecular formula is C11H12ClNO2S. The first kappa shape index (κ1) is 11.8. The number of thioether (sulfide) groups is 1. The minimum absolute atomic E-state index is 0.0218. The number of aliphatic carboxylic acids is 1. The number of hydrogen-bond donors (Lipinski definition) is 2. The summed E-state index contributed by atoms with van der Waals surface area (Å²) >= 11 is 7.62. The topological polar surface area (TPSA) is 49.3 Å². The van der Waals surface area contributed by atoms with Gasteiger partial charge < -0.3 is 5.11 Å². The lowest BCUT2D eigenvalue weighted by atomic mass is 10.1. The van der Waals surface area contributed by atoms with Crippen LogP contribution in [0.1, 0.15) is 17.4 Å². The number of halogens is 1. The molecular weight excluding hydrogens is 246 g/mol. The van der Waals surface area contributed by atoms with Crippen LogP contribution < -0.4 is 5.32 Å². The first-order valence-electron chi connectivity index (χ1n) is 5.03. The average Bonchev–Trinajstić information content (AvgIpc) is 2.29. The van der Waals surface area contributed by atoms with Crippen LogP contribution in [-0.2, 0) is 4.79 Å². The van der Waals surface area contributed by atoms with E-state index in [1.165, 1.54) is 0 Å². The van der Waals surface area contributed by atoms with Crippen molar-refractivity contribution in [3.05, 3.63) is 34.9 Å². The van der Waals surface area contributed by atoms with E-state index in [9.17, 15) is 4.79 Å². The highest BCUT2D eigenvalue weighted by Crippen LogP contribution is 2.32. The van der Waals surface area contributed by atoms with Crippen LogP contribution in [0.2, 0.25) is 5.02 Å². The molecule has 0 aliphatic carbocycles. The van der Waals surface area contributed by atoms with Crippen LogP contribution in [0.15, 0.2) is 24.3 Å². The van der Waals surface area contributed by atoms with Gasteiger partial charge in [-0.05, 0) is 29.9 Å². The molecule has 1 fully saturated rings. The summed E-state index contributed by atoms with van der Waals surface area (Å²) < 4.78 is 0. The van der Waals surface area contributed by atoms with Crippen LogP contribution >= 0.6 is 23.4 Å². The average molecular weight is 258 g/mol. The number of carboxylic acid groups (broad SMARTS) is 1. The molecule has 1 heterocycles. The predicted octanol–water partition coefficient (Wildman–Crippen LogP) is 2.52. The van der Waals surface area contributed by atoms with Gasteiger partial charge in [-0.3, -0.25) is 10.1 Å². The van der Waals surface area contributed by atoms with Crippen LogP contribution in [0.4, 0.5) is 0 Å². The van der Waals surface area contributed by atoms with E-state index in [-0.39, 0.29) is 5.37 Å². The maximum atomic E-state index is 10.9. The second-order valence-electron chi connectivity index (χ2n) is 3.65. The molecule has 0 spiro atoms. The van der Waals surface area contributed by atoms with E-state index in [0.29, 0.717) is 11.4 Å². The first-order chi connectivity index (χ1) is 7.66. The minimum Gasteiger partial charge on any atom is -0.480 e. The summed E-state index contributed by atoms with van der Waals surface area (Å²) in [6.45, 7) is 0. The van der Waals surface area contributed by atoms with Gasteiger partial charge in [0.15, 0.2) is 0 Å². The van der Waals surface area contributed by atoms with Gasteiger partial charge in [-0.2, -0.15) is 0 Å². The molecule has 5 heteroatoms. The second-order valence-corrected chi connectivity index (χ2v) is 5.30. The minimum atomic E-state index is -0.785. The molecule has 0 saturated carbocycles. The third kappa shape index (κ3) is 2.70. The Morgan fingerprint density at radius 2 is 2.38 bits per heavy atom. The number of hydrogen-bond acceptors (Lipinski definition) is 3. The van der Waals surface area contributed by atoms with Gasteiger partial charge in [0.2, 0.25) is 0 Å². The van der Waals surface area contributed by atoms with Crippen molar-refractivity contribution in [2.45, 2.75) is 17.8 Å². The molecule has 2 atom stereocenters. The molecule has 0 bridgehead atoms. The molecule has 0 aromatic heterocycles. The smallest absolute Gasteiger partial charge is 0.320 e. The van der Waals surface area contributed by atoms with Crippen molar-refractivity contribution >= 4 is 29.3 Å². The first-order valence-corrected chi connectivity index (χ1v) is 6.45. The van der Waals surface area contributed by atoms with Crippen molar-refractivity contribution in [1.29, 1.82) is 0 Å². The van der Waals surface area contributed by atoms with Crippen LogP contribution in [0.25, 0.3) is 0 Å². The van der Waals surface area contributed by atoms with E-state index in [1.54, 1.807) is 11.8 Å². The predicted molar refractivity (Wildman–Crippen MR) is 65.8 cm³/mol. The second kappa shape index (κ2) is 5.08. The summed E-state index contributed by atoms with van der Waals surface area (Å²) in [5, 5.41) is 12.8. The normalized spacial score (nSPS) is 25.3. The van der Waals surface area contributed by atoms with E-state index in [4.69, 9.17) is 16.7 Å². The molecule has 16 heavy (non-hydrogen) atoms. The Kier molecular flexibility index (Phi) is 3.74. The van der Waals surface area contributed by atoms with Gasteiger partial charge in [-0.1, -0.05) is 23.7 Å². The fraction of sp³-hybridized carbons (Fsp3) is 0.364. The lowest BCUT2D eigenvalue weighted by Gasteiger charge is -2.28. The number of benzene rings is 1. The molecule has 1 aromatic carbocycles. The Morgan fingerprint density at radius 1 is 1.56 bits per heavy atom. The number of carboxylic acids is 1. The van der Waals surface area contributed by atoms with Gasteiger partial charge in [0.05, 0.1) is 5.37 Å². The van der Waals surface area contributed by atoms with Crippen molar-refractivity contribution in [2.24, 2.45) is 0 Å². The summed E-state index contributed by atoms with van der Waals surface area (Å²) in [4.78, 5) is 10.9. The Morgan fingerprint density at radius 3 is 3.06 bits per heavy atom. The molecule has 1 aromatic rings. The van der Waals surface area contributed by atoms with Gasteiger partial charge in [0.1, 0.15) is 6.04 Å². The molecule has 2 unspecified atom stereocenters. The van der Waals surface area contributed by atoms with Gasteiger partial charge in [-0.15, -0.1) is 11.8 Å². The summed E-state index contributed by atoms with van der Waals surface area (Å²) in [5.74, 6) is 0.0635. The van der Waals surface area contributed by atoms with Crippen molar-refractivity contribution in [1.82, 2.24) is 5.32 Å². The van der Waals surface area contributed by atoms with Crippen LogP contribution in [0, 0.1) is 0 Å². The van der Waals surface area contributed by atoms with E-state index < -0.39 is 12.0 Å². The standard InChI is InChI=1S/C11H12ClNO2S/c12-8-3-1-2-7(6-8)10-13-9(11(14)15)4-5-16-10/h1-3,6,9-10,13H,4-5H2,(H,14,15). The maximum Gasteiger partial charge on any atom is 0.320 e. The molecule has 1 aliphatic heterocycles. The Bertz CT molecular complexity index is 399. The molecule has 0 amide bonds. The monoisotopic (exact) mass is 257 g/mol. The highest BCUT2D eigenvalue weighted by atomic mass is 35.5. The lowest BCUT2D eigenvalue weighted by molar-refractivity contribution is -0.139. The Balaban J connectivity index is 2.12. The van der Waals surface area contributed by atoms with E-state index in [2.05, 4.69) is 5.32 Å². The van der Waals surface area contributed by atoms with E-state index in [0.717, 1.165) is 11.3 Å². The molecule has 2 rings (SSSR count). The molecule has 1 aliphatic rings. The van der Waals surface area contributed by atoms with Gasteiger partial charge >= 0.3 is 5.97 Å². The molecule has 1 saturated heterocycles. The summed E-state index contributed by atoms with van der Waals surface area (Å²) in [5.41, 5.74) is 1.03. The number of nitrogens with one attached hydrogen (secondary N) is 1. The quantitative estimate of drug-likeness (QED) is 0.855. The van der Waals surface area contributed by atoms with Crippen LogP contribution in [-0.4, -0.2) is 22.9 Å². The zero-order valence-corrected chi connectivity index (χ0v) is 10.1. The van der Waals surface area contributed by atoms with Crippen LogP contribution in [0.3, 0.4) is 0 Å². The summed E-state index contributed by atoms with van der Waals surface area (Å²) in [7, 11) is 0. The SMILES string of the molecule is O=C(O)C1CCSC(c2cccc(Cl)c2)N1. The number of rotatable bonds is 2. The Hall–Kier alpha value is -0.710. The molecule has 0 radical (unpaired) electrons. The van der Waals surface area contributed by atoms with Gasteiger partial charge in [0.25, 0.3) is 0 Å². The lowest BCUT2D eigenvalue weighted by Crippen LogP contribution is -2.41. The Labute approximate surface area is 103 Å². The fourth-order valence-electron chi connectivity index (χ4n) is 1.67. The molecule has 3 nitrogen and oxygen atoms in total. The van der Waals surface area contributed by atoms with Crippen molar-refractivity contribution in [2.75, 3.05) is 5.75 Å². The summed E-state index contributed by atoms with van der Waals surface area (Å²) in [6, 6.07) is 7.07. The number of carbonyl (C=O) groups is 1. The third-order valence-electron chi connectivity index (χ3n) is 2.49. The van der Waals surface area contributed by atoms with Crippen molar-refractivity contribution < 1.29 is 9.90 Å². The highest BCUT2D eigenvalue weighted by Gasteiger charge is 2.27. The zero-order valence-electron chi connectivity index (χ0n) is 8.52. The highest BCUT2D eigenvalue weighted by molar-refractivity contribution is 7.99. The van der Waals surface area contributed by atoms with Gasteiger partial charge in [0, 0.05) is 5.02 Å². The van der Waals surface area contributed by atoms with Crippen molar-refractivity contribution in [3.63, 3.8) is 0 Å². The van der Waals surface area contributed by atoms with E-state index >= 15 is 0 Å². The maximum absolute atomic E-state index is 10.9. The molecule has 86 valence electrons. The third-order valence-corrected chi connectivity index (χ3v) is 3.94. The summed E-state index contributed by atoms with van der Waals surface area (Å²) in [6.07, 6.45) is 0.664. The molecule has 2 N–H and O–H groups in total. The zero-order chi connectivity index (χ0) is 11.5. The van der Waals surface area contributed by atoms with Gasteiger partial charge in [-0.25, -0.2) is 0 Å². The van der Waals surface area contributed by atoms with Crippen LogP contribution in [0.5, 0.6) is 0 Å². The fourth-order valence-corrected chi connectivity index (χ4v) is 3.08.